The first-order valence-electron chi connectivity index (χ1n) is 9.43. The molecule has 0 unspecified atom stereocenters. The molecular formula is C21H25N5O. The van der Waals surface area contributed by atoms with E-state index >= 15 is 0 Å². The smallest absolute Gasteiger partial charge is 0.153 e. The van der Waals surface area contributed by atoms with E-state index in [-0.39, 0.29) is 0 Å². The maximum absolute atomic E-state index is 5.08. The molecule has 3 heterocycles. The van der Waals surface area contributed by atoms with Crippen LogP contribution >= 0.6 is 0 Å². The molecule has 1 saturated heterocycles. The number of piperidine rings is 1. The van der Waals surface area contributed by atoms with Crippen molar-refractivity contribution >= 4 is 0 Å². The average molecular weight is 363 g/mol. The summed E-state index contributed by atoms with van der Waals surface area (Å²) in [7, 11) is 1.66. The minimum absolute atomic E-state index is 0.453. The number of H-pyrrole nitrogens is 1. The molecule has 1 atom stereocenters. The van der Waals surface area contributed by atoms with Gasteiger partial charge in [0.15, 0.2) is 5.82 Å². The molecule has 0 spiro atoms. The molecule has 140 valence electrons. The van der Waals surface area contributed by atoms with Gasteiger partial charge < -0.3 is 4.74 Å². The number of ether oxygens (including phenoxy) is 1. The minimum Gasteiger partial charge on any atom is -0.377 e. The molecule has 2 aromatic heterocycles. The van der Waals surface area contributed by atoms with Gasteiger partial charge in [-0.25, -0.2) is 9.97 Å². The molecular weight excluding hydrogens is 338 g/mol. The largest absolute Gasteiger partial charge is 0.377 e. The van der Waals surface area contributed by atoms with Crippen LogP contribution in [0.1, 0.15) is 35.8 Å². The van der Waals surface area contributed by atoms with Crippen LogP contribution in [0, 0.1) is 0 Å². The van der Waals surface area contributed by atoms with E-state index in [0.717, 1.165) is 31.0 Å². The second kappa shape index (κ2) is 8.41. The number of nitrogens with zero attached hydrogens (tertiary/aromatic N) is 4. The van der Waals surface area contributed by atoms with Crippen molar-refractivity contribution in [3.63, 3.8) is 0 Å². The first-order chi connectivity index (χ1) is 13.3. The molecule has 0 radical (unpaired) electrons. The third kappa shape index (κ3) is 4.23. The lowest BCUT2D eigenvalue weighted by atomic mass is 9.90. The van der Waals surface area contributed by atoms with Crippen LogP contribution in [0.2, 0.25) is 0 Å². The summed E-state index contributed by atoms with van der Waals surface area (Å²) in [6.45, 7) is 3.44. The van der Waals surface area contributed by atoms with Crippen molar-refractivity contribution in [1.29, 1.82) is 0 Å². The topological polar surface area (TPSA) is 66.9 Å². The maximum Gasteiger partial charge on any atom is 0.153 e. The van der Waals surface area contributed by atoms with Gasteiger partial charge in [-0.3, -0.25) is 10.00 Å². The van der Waals surface area contributed by atoms with E-state index in [0.29, 0.717) is 12.5 Å². The standard InChI is InChI=1S/C21H25N5O/c1-27-15-20-22-10-16(11-23-20)13-26-9-5-8-18(14-26)21-19(12-24-25-21)17-6-3-2-4-7-17/h2-4,6-7,10-12,18H,5,8-9,13-15H2,1H3,(H,24,25)/t18-/m0/s1. The summed E-state index contributed by atoms with van der Waals surface area (Å²) in [5.74, 6) is 1.19. The van der Waals surface area contributed by atoms with Crippen LogP contribution in [-0.4, -0.2) is 45.3 Å². The van der Waals surface area contributed by atoms with E-state index in [9.17, 15) is 0 Å². The summed E-state index contributed by atoms with van der Waals surface area (Å²) in [4.78, 5) is 11.2. The zero-order valence-corrected chi connectivity index (χ0v) is 15.6. The van der Waals surface area contributed by atoms with Gasteiger partial charge >= 0.3 is 0 Å². The van der Waals surface area contributed by atoms with Crippen LogP contribution in [-0.2, 0) is 17.9 Å². The van der Waals surface area contributed by atoms with Gasteiger partial charge in [0.1, 0.15) is 6.61 Å². The predicted octanol–water partition coefficient (Wildman–Crippen LogP) is 3.39. The first kappa shape index (κ1) is 17.8. The highest BCUT2D eigenvalue weighted by Crippen LogP contribution is 2.33. The molecule has 1 aliphatic heterocycles. The zero-order chi connectivity index (χ0) is 18.5. The van der Waals surface area contributed by atoms with Crippen molar-refractivity contribution in [2.75, 3.05) is 20.2 Å². The van der Waals surface area contributed by atoms with Gasteiger partial charge in [0.2, 0.25) is 0 Å². The Morgan fingerprint density at radius 1 is 1.15 bits per heavy atom. The lowest BCUT2D eigenvalue weighted by molar-refractivity contribution is 0.177. The van der Waals surface area contributed by atoms with Crippen LogP contribution in [0.15, 0.2) is 48.9 Å². The monoisotopic (exact) mass is 363 g/mol. The second-order valence-electron chi connectivity index (χ2n) is 7.08. The van der Waals surface area contributed by atoms with Gasteiger partial charge in [-0.2, -0.15) is 5.10 Å². The van der Waals surface area contributed by atoms with Gasteiger partial charge in [-0.05, 0) is 24.9 Å². The summed E-state index contributed by atoms with van der Waals surface area (Å²) in [5, 5.41) is 7.60. The second-order valence-corrected chi connectivity index (χ2v) is 7.08. The van der Waals surface area contributed by atoms with Gasteiger partial charge in [0.25, 0.3) is 0 Å². The predicted molar refractivity (Wildman–Crippen MR) is 104 cm³/mol. The highest BCUT2D eigenvalue weighted by Gasteiger charge is 2.25. The first-order valence-corrected chi connectivity index (χ1v) is 9.43. The number of methoxy groups -OCH3 is 1. The Labute approximate surface area is 159 Å². The Hall–Kier alpha value is -2.57. The number of hydrogen-bond donors (Lipinski definition) is 1. The minimum atomic E-state index is 0.453. The summed E-state index contributed by atoms with van der Waals surface area (Å²) in [5.41, 5.74) is 4.83. The van der Waals surface area contributed by atoms with Crippen molar-refractivity contribution < 1.29 is 4.74 Å². The number of aromatic amines is 1. The van der Waals surface area contributed by atoms with Gasteiger partial charge in [0, 0.05) is 55.3 Å². The summed E-state index contributed by atoms with van der Waals surface area (Å²) in [6, 6.07) is 10.5. The number of hydrogen-bond acceptors (Lipinski definition) is 5. The maximum atomic E-state index is 5.08. The van der Waals surface area contributed by atoms with E-state index in [4.69, 9.17) is 4.74 Å². The Kier molecular flexibility index (Phi) is 5.55. The molecule has 0 saturated carbocycles. The highest BCUT2D eigenvalue weighted by molar-refractivity contribution is 5.65. The van der Waals surface area contributed by atoms with Crippen LogP contribution in [0.25, 0.3) is 11.1 Å². The molecule has 1 aromatic carbocycles. The number of benzene rings is 1. The highest BCUT2D eigenvalue weighted by atomic mass is 16.5. The fourth-order valence-electron chi connectivity index (χ4n) is 3.81. The molecule has 0 bridgehead atoms. The Bertz CT molecular complexity index is 847. The van der Waals surface area contributed by atoms with Gasteiger partial charge in [-0.1, -0.05) is 30.3 Å². The lowest BCUT2D eigenvalue weighted by Gasteiger charge is -2.32. The molecule has 4 rings (SSSR count). The molecule has 0 aliphatic carbocycles. The molecule has 1 aliphatic rings. The van der Waals surface area contributed by atoms with E-state index in [1.807, 2.05) is 24.7 Å². The summed E-state index contributed by atoms with van der Waals surface area (Å²) < 4.78 is 5.08. The fourth-order valence-corrected chi connectivity index (χ4v) is 3.81. The van der Waals surface area contributed by atoms with E-state index in [2.05, 4.69) is 49.3 Å². The van der Waals surface area contributed by atoms with Crippen LogP contribution < -0.4 is 0 Å². The lowest BCUT2D eigenvalue weighted by Crippen LogP contribution is -2.34. The fraction of sp³-hybridized carbons (Fsp3) is 0.381. The Balaban J connectivity index is 1.45. The molecule has 1 fully saturated rings. The number of rotatable bonds is 6. The van der Waals surface area contributed by atoms with Crippen LogP contribution in [0.3, 0.4) is 0 Å². The molecule has 27 heavy (non-hydrogen) atoms. The van der Waals surface area contributed by atoms with Crippen LogP contribution in [0.5, 0.6) is 0 Å². The molecule has 3 aromatic rings. The third-order valence-electron chi connectivity index (χ3n) is 5.11. The van der Waals surface area contributed by atoms with Crippen LogP contribution in [0.4, 0.5) is 0 Å². The van der Waals surface area contributed by atoms with Crippen molar-refractivity contribution in [2.45, 2.75) is 31.9 Å². The van der Waals surface area contributed by atoms with E-state index in [1.165, 1.54) is 29.7 Å². The Morgan fingerprint density at radius 2 is 1.96 bits per heavy atom. The molecule has 1 N–H and O–H groups in total. The van der Waals surface area contributed by atoms with E-state index < -0.39 is 0 Å². The number of nitrogens with one attached hydrogen (secondary N) is 1. The molecule has 6 heteroatoms. The SMILES string of the molecule is COCc1ncc(CN2CCC[C@H](c3[nH]ncc3-c3ccccc3)C2)cn1. The zero-order valence-electron chi connectivity index (χ0n) is 15.6. The van der Waals surface area contributed by atoms with Crippen molar-refractivity contribution in [3.8, 4) is 11.1 Å². The average Bonchev–Trinajstić information content (AvgIpc) is 3.21. The quantitative estimate of drug-likeness (QED) is 0.727. The molecule has 0 amide bonds. The third-order valence-corrected chi connectivity index (χ3v) is 5.11. The normalized spacial score (nSPS) is 17.9. The Morgan fingerprint density at radius 3 is 2.74 bits per heavy atom. The summed E-state index contributed by atoms with van der Waals surface area (Å²) >= 11 is 0. The molecule has 6 nitrogen and oxygen atoms in total. The van der Waals surface area contributed by atoms with Gasteiger partial charge in [0.05, 0.1) is 6.20 Å². The number of aromatic nitrogens is 4. The van der Waals surface area contributed by atoms with Crippen molar-refractivity contribution in [3.05, 3.63) is 66.0 Å². The van der Waals surface area contributed by atoms with Crippen molar-refractivity contribution in [1.82, 2.24) is 25.1 Å². The number of likely N-dealkylation sites (tertiary alicyclic amines) is 1. The van der Waals surface area contributed by atoms with Crippen molar-refractivity contribution in [2.24, 2.45) is 0 Å². The van der Waals surface area contributed by atoms with E-state index in [1.54, 1.807) is 7.11 Å². The van der Waals surface area contributed by atoms with Gasteiger partial charge in [-0.15, -0.1) is 0 Å². The summed E-state index contributed by atoms with van der Waals surface area (Å²) in [6.07, 6.45) is 8.14.